The van der Waals surface area contributed by atoms with E-state index in [0.717, 1.165) is 30.6 Å². The van der Waals surface area contributed by atoms with Crippen molar-refractivity contribution >= 4 is 11.9 Å². The molecule has 0 bridgehead atoms. The molecule has 8 atom stereocenters. The Morgan fingerprint density at radius 3 is 2.55 bits per heavy atom. The quantitative estimate of drug-likeness (QED) is 0.160. The Balaban J connectivity index is 1.65. The lowest BCUT2D eigenvalue weighted by Gasteiger charge is -2.43. The maximum atomic E-state index is 12.7. The van der Waals surface area contributed by atoms with Crippen molar-refractivity contribution < 1.29 is 34.1 Å². The minimum Gasteiger partial charge on any atom is -0.497 e. The third-order valence-corrected chi connectivity index (χ3v) is 8.43. The van der Waals surface area contributed by atoms with Crippen LogP contribution in [0.15, 0.2) is 48.1 Å². The van der Waals surface area contributed by atoms with E-state index in [1.54, 1.807) is 12.6 Å². The van der Waals surface area contributed by atoms with Crippen molar-refractivity contribution in [1.82, 2.24) is 5.48 Å². The average molecular weight is 558 g/mol. The number of amides is 1. The van der Waals surface area contributed by atoms with Gasteiger partial charge in [-0.1, -0.05) is 58.1 Å². The van der Waals surface area contributed by atoms with Crippen LogP contribution in [0, 0.1) is 29.6 Å². The molecule has 0 heterocycles. The summed E-state index contributed by atoms with van der Waals surface area (Å²) in [6, 6.07) is 7.45. The van der Waals surface area contributed by atoms with Crippen molar-refractivity contribution in [2.45, 2.75) is 91.1 Å². The highest BCUT2D eigenvalue weighted by molar-refractivity contribution is 5.75. The molecule has 40 heavy (non-hydrogen) atoms. The Bertz CT molecular complexity index is 1020. The van der Waals surface area contributed by atoms with Crippen LogP contribution in [-0.4, -0.2) is 47.6 Å². The predicted octanol–water partition coefficient (Wildman–Crippen LogP) is 5.37. The van der Waals surface area contributed by atoms with Gasteiger partial charge in [0, 0.05) is 12.3 Å². The third kappa shape index (κ3) is 8.91. The van der Waals surface area contributed by atoms with Crippen LogP contribution in [-0.2, 0) is 25.7 Å². The fourth-order valence-corrected chi connectivity index (χ4v) is 5.86. The van der Waals surface area contributed by atoms with Crippen molar-refractivity contribution in [2.24, 2.45) is 29.6 Å². The molecule has 222 valence electrons. The molecule has 2 aliphatic carbocycles. The van der Waals surface area contributed by atoms with E-state index in [9.17, 15) is 14.7 Å². The first kappa shape index (κ1) is 31.8. The highest BCUT2D eigenvalue weighted by Gasteiger charge is 2.41. The van der Waals surface area contributed by atoms with Crippen LogP contribution in [0.1, 0.15) is 71.8 Å². The summed E-state index contributed by atoms with van der Waals surface area (Å²) >= 11 is 0. The molecular weight excluding hydrogens is 510 g/mol. The van der Waals surface area contributed by atoms with Crippen molar-refractivity contribution in [3.8, 4) is 5.75 Å². The first-order valence-electron chi connectivity index (χ1n) is 14.6. The summed E-state index contributed by atoms with van der Waals surface area (Å²) in [5.41, 5.74) is 3.80. The second-order valence-corrected chi connectivity index (χ2v) is 11.6. The number of benzene rings is 1. The molecule has 1 aromatic rings. The lowest BCUT2D eigenvalue weighted by molar-refractivity contribution is -0.158. The van der Waals surface area contributed by atoms with Gasteiger partial charge in [-0.2, -0.15) is 0 Å². The summed E-state index contributed by atoms with van der Waals surface area (Å²) in [5, 5.41) is 20.1. The number of rotatable bonds is 14. The van der Waals surface area contributed by atoms with E-state index < -0.39 is 18.1 Å². The zero-order chi connectivity index (χ0) is 29.2. The zero-order valence-corrected chi connectivity index (χ0v) is 24.5. The zero-order valence-electron chi connectivity index (χ0n) is 24.5. The number of ether oxygens (including phenoxy) is 3. The van der Waals surface area contributed by atoms with Crippen LogP contribution >= 0.6 is 0 Å². The van der Waals surface area contributed by atoms with Crippen molar-refractivity contribution in [3.63, 3.8) is 0 Å². The summed E-state index contributed by atoms with van der Waals surface area (Å²) in [7, 11) is 1.60. The number of hydroxylamine groups is 1. The van der Waals surface area contributed by atoms with E-state index in [0.29, 0.717) is 12.3 Å². The smallest absolute Gasteiger partial charge is 0.308 e. The number of esters is 1. The summed E-state index contributed by atoms with van der Waals surface area (Å²) in [6.45, 7) is 8.51. The van der Waals surface area contributed by atoms with E-state index >= 15 is 0 Å². The van der Waals surface area contributed by atoms with Crippen LogP contribution in [0.4, 0.5) is 0 Å². The Labute approximate surface area is 238 Å². The monoisotopic (exact) mass is 557 g/mol. The van der Waals surface area contributed by atoms with Gasteiger partial charge in [0.15, 0.2) is 0 Å². The number of allylic oxidation sites excluding steroid dienone is 3. The largest absolute Gasteiger partial charge is 0.497 e. The molecule has 2 unspecified atom stereocenters. The fraction of sp³-hybridized carbons (Fsp3) is 0.625. The maximum absolute atomic E-state index is 12.7. The van der Waals surface area contributed by atoms with Gasteiger partial charge in [-0.3, -0.25) is 14.8 Å². The predicted molar refractivity (Wildman–Crippen MR) is 152 cm³/mol. The molecule has 1 amide bonds. The van der Waals surface area contributed by atoms with E-state index in [-0.39, 0.29) is 55.2 Å². The first-order valence-corrected chi connectivity index (χ1v) is 14.6. The normalized spacial score (nSPS) is 26.2. The number of aliphatic hydroxyl groups is 1. The summed E-state index contributed by atoms with van der Waals surface area (Å²) in [6.07, 6.45) is 8.27. The summed E-state index contributed by atoms with van der Waals surface area (Å²) in [5.74, 6) is 0.820. The van der Waals surface area contributed by atoms with Gasteiger partial charge in [0.25, 0.3) is 0 Å². The molecule has 2 aliphatic rings. The molecular formula is C32H47NO7. The Hall–Kier alpha value is -2.68. The summed E-state index contributed by atoms with van der Waals surface area (Å²) < 4.78 is 17.3. The van der Waals surface area contributed by atoms with Gasteiger partial charge in [-0.15, -0.1) is 0 Å². The number of hydrogen-bond donors (Lipinski definition) is 3. The molecule has 0 saturated heterocycles. The van der Waals surface area contributed by atoms with Crippen LogP contribution in [0.3, 0.4) is 0 Å². The van der Waals surface area contributed by atoms with Crippen LogP contribution in [0.5, 0.6) is 5.75 Å². The van der Waals surface area contributed by atoms with Crippen LogP contribution < -0.4 is 10.2 Å². The number of hydrogen-bond acceptors (Lipinski definition) is 7. The highest BCUT2D eigenvalue weighted by atomic mass is 16.5. The van der Waals surface area contributed by atoms with Gasteiger partial charge in [0.05, 0.1) is 38.3 Å². The molecule has 0 fully saturated rings. The Kier molecular flexibility index (Phi) is 12.2. The molecule has 0 aliphatic heterocycles. The molecule has 0 aromatic heterocycles. The van der Waals surface area contributed by atoms with E-state index in [4.69, 9.17) is 19.4 Å². The number of aliphatic hydroxyl groups excluding tert-OH is 1. The maximum Gasteiger partial charge on any atom is 0.308 e. The third-order valence-electron chi connectivity index (χ3n) is 8.43. The number of fused-ring (bicyclic) bond motifs is 1. The lowest BCUT2D eigenvalue weighted by atomic mass is 9.65. The minimum atomic E-state index is -0.693. The van der Waals surface area contributed by atoms with E-state index in [1.165, 1.54) is 5.57 Å². The van der Waals surface area contributed by atoms with Gasteiger partial charge in [-0.05, 0) is 66.7 Å². The molecule has 0 saturated carbocycles. The summed E-state index contributed by atoms with van der Waals surface area (Å²) in [4.78, 5) is 24.7. The Morgan fingerprint density at radius 2 is 1.90 bits per heavy atom. The molecule has 3 N–H and O–H groups in total. The number of carbonyl (C=O) groups excluding carboxylic acids is 2. The van der Waals surface area contributed by atoms with Crippen molar-refractivity contribution in [3.05, 3.63) is 53.6 Å². The molecule has 8 heteroatoms. The minimum absolute atomic E-state index is 0.0622. The molecule has 0 spiro atoms. The lowest BCUT2D eigenvalue weighted by Crippen LogP contribution is -2.41. The van der Waals surface area contributed by atoms with E-state index in [1.807, 2.05) is 38.1 Å². The van der Waals surface area contributed by atoms with Gasteiger partial charge in [-0.25, -0.2) is 5.48 Å². The molecule has 8 nitrogen and oxygen atoms in total. The molecule has 1 aromatic carbocycles. The SMILES string of the molecule is CCC(C)C(=O)O[C@H]1C[C@@H](C)C=C2C=C[C@H](C)[C@H](CC[C@@H](O)C[C@H](CC(=O)NO)OCc3ccc(OC)cc3)C21. The average Bonchev–Trinajstić information content (AvgIpc) is 2.95. The number of methoxy groups -OCH3 is 1. The molecule has 0 radical (unpaired) electrons. The number of nitrogens with one attached hydrogen (secondary N) is 1. The highest BCUT2D eigenvalue weighted by Crippen LogP contribution is 2.45. The van der Waals surface area contributed by atoms with Crippen LogP contribution in [0.25, 0.3) is 0 Å². The van der Waals surface area contributed by atoms with Gasteiger partial charge >= 0.3 is 5.97 Å². The Morgan fingerprint density at radius 1 is 1.18 bits per heavy atom. The van der Waals surface area contributed by atoms with Gasteiger partial charge in [0.1, 0.15) is 11.9 Å². The fourth-order valence-electron chi connectivity index (χ4n) is 5.86. The standard InChI is InChI=1S/C32H47NO7/c1-6-21(3)32(36)40-29-16-20(2)15-24-10-7-22(4)28(31(24)29)14-11-25(34)17-27(18-30(35)33-37)39-19-23-8-12-26(38-5)13-9-23/h7-10,12-13,15,20-22,25,27-29,31,34,37H,6,11,14,16-19H2,1-5H3,(H,33,35)/t20-,21?,22-,25+,27+,28-,29-,31?/m0/s1. The first-order chi connectivity index (χ1) is 19.1. The van der Waals surface area contributed by atoms with Crippen molar-refractivity contribution in [2.75, 3.05) is 7.11 Å². The molecule has 3 rings (SSSR count). The van der Waals surface area contributed by atoms with Crippen LogP contribution in [0.2, 0.25) is 0 Å². The number of carbonyl (C=O) groups is 2. The second kappa shape index (κ2) is 15.4. The van der Waals surface area contributed by atoms with Crippen molar-refractivity contribution in [1.29, 1.82) is 0 Å². The van der Waals surface area contributed by atoms with Gasteiger partial charge in [0.2, 0.25) is 5.91 Å². The van der Waals surface area contributed by atoms with Gasteiger partial charge < -0.3 is 19.3 Å². The second-order valence-electron chi connectivity index (χ2n) is 11.6. The van der Waals surface area contributed by atoms with E-state index in [2.05, 4.69) is 32.1 Å². The topological polar surface area (TPSA) is 114 Å².